The van der Waals surface area contributed by atoms with E-state index in [1.807, 2.05) is 6.92 Å². The Morgan fingerprint density at radius 1 is 1.38 bits per heavy atom. The van der Waals surface area contributed by atoms with Crippen LogP contribution >= 0.6 is 0 Å². The highest BCUT2D eigenvalue weighted by molar-refractivity contribution is 6.12. The molecule has 0 heterocycles. The fourth-order valence-corrected chi connectivity index (χ4v) is 3.61. The second kappa shape index (κ2) is 2.84. The smallest absolute Gasteiger partial charge is 0.204 e. The summed E-state index contributed by atoms with van der Waals surface area (Å²) in [6, 6.07) is 0. The first kappa shape index (κ1) is 9.82. The average Bonchev–Trinajstić information content (AvgIpc) is 2.82. The number of rotatable bonds is 1. The van der Waals surface area contributed by atoms with Gasteiger partial charge in [0.15, 0.2) is 11.5 Å². The van der Waals surface area contributed by atoms with Crippen molar-refractivity contribution < 1.29 is 14.3 Å². The van der Waals surface area contributed by atoms with Crippen LogP contribution in [0.4, 0.5) is 0 Å². The van der Waals surface area contributed by atoms with Crippen molar-refractivity contribution in [3.05, 3.63) is 24.0 Å². The second-order valence-corrected chi connectivity index (χ2v) is 5.10. The summed E-state index contributed by atoms with van der Waals surface area (Å²) in [5.74, 6) is 0.574. The summed E-state index contributed by atoms with van der Waals surface area (Å²) in [7, 11) is 1.45. The van der Waals surface area contributed by atoms with Crippen molar-refractivity contribution in [3.8, 4) is 0 Å². The highest BCUT2D eigenvalue weighted by atomic mass is 16.5. The molecule has 84 valence electrons. The van der Waals surface area contributed by atoms with Crippen molar-refractivity contribution >= 4 is 11.6 Å². The molecular formula is C13H14O3. The number of carbonyl (C=O) groups is 2. The molecule has 0 amide bonds. The van der Waals surface area contributed by atoms with Crippen LogP contribution in [-0.2, 0) is 14.3 Å². The van der Waals surface area contributed by atoms with Gasteiger partial charge in [-0.1, -0.05) is 19.1 Å². The zero-order chi connectivity index (χ0) is 11.5. The Labute approximate surface area is 94.2 Å². The van der Waals surface area contributed by atoms with Crippen LogP contribution in [0.25, 0.3) is 0 Å². The van der Waals surface area contributed by atoms with Gasteiger partial charge in [0.25, 0.3) is 0 Å². The lowest BCUT2D eigenvalue weighted by molar-refractivity contribution is -0.139. The van der Waals surface area contributed by atoms with Crippen molar-refractivity contribution in [2.75, 3.05) is 7.11 Å². The first-order chi connectivity index (χ1) is 7.59. The van der Waals surface area contributed by atoms with Gasteiger partial charge in [-0.25, -0.2) is 0 Å². The van der Waals surface area contributed by atoms with Crippen molar-refractivity contribution in [3.63, 3.8) is 0 Å². The largest absolute Gasteiger partial charge is 0.493 e. The van der Waals surface area contributed by atoms with Gasteiger partial charge >= 0.3 is 0 Å². The molecule has 3 heteroatoms. The van der Waals surface area contributed by atoms with E-state index in [0.717, 1.165) is 6.42 Å². The Balaban J connectivity index is 2.15. The van der Waals surface area contributed by atoms with Gasteiger partial charge in [0, 0.05) is 12.0 Å². The maximum Gasteiger partial charge on any atom is 0.204 e. The minimum absolute atomic E-state index is 0.00329. The maximum absolute atomic E-state index is 12.3. The fraction of sp³-hybridized carbons (Fsp3) is 0.538. The number of ketones is 2. The summed E-state index contributed by atoms with van der Waals surface area (Å²) in [6.45, 7) is 1.91. The summed E-state index contributed by atoms with van der Waals surface area (Å²) in [6.07, 6.45) is 6.49. The maximum atomic E-state index is 12.3. The molecule has 1 saturated carbocycles. The van der Waals surface area contributed by atoms with Gasteiger partial charge in [-0.3, -0.25) is 9.59 Å². The van der Waals surface area contributed by atoms with Crippen molar-refractivity contribution in [1.82, 2.24) is 0 Å². The van der Waals surface area contributed by atoms with Gasteiger partial charge in [-0.2, -0.15) is 0 Å². The van der Waals surface area contributed by atoms with Crippen LogP contribution in [0.2, 0.25) is 0 Å². The van der Waals surface area contributed by atoms with Crippen LogP contribution in [0, 0.1) is 23.2 Å². The van der Waals surface area contributed by atoms with Crippen LogP contribution in [0.5, 0.6) is 0 Å². The molecule has 0 unspecified atom stereocenters. The lowest BCUT2D eigenvalue weighted by Gasteiger charge is -2.38. The molecule has 0 N–H and O–H groups in total. The number of Topliss-reactive ketones (excluding diaryl/α,β-unsaturated/α-hetero) is 1. The van der Waals surface area contributed by atoms with Gasteiger partial charge < -0.3 is 4.74 Å². The molecule has 0 aromatic carbocycles. The highest BCUT2D eigenvalue weighted by Crippen LogP contribution is 2.59. The van der Waals surface area contributed by atoms with Crippen LogP contribution in [0.3, 0.4) is 0 Å². The molecule has 0 radical (unpaired) electrons. The molecular weight excluding hydrogens is 204 g/mol. The van der Waals surface area contributed by atoms with Crippen LogP contribution in [0.1, 0.15) is 13.3 Å². The zero-order valence-corrected chi connectivity index (χ0v) is 9.40. The standard InChI is InChI=1S/C13H14O3/c1-13-8-4-3-7(5-8)11(13)9(14)6-10(16-2)12(13)15/h3-4,6-8,11H,5H2,1-2H3/t7-,8+,11+,13+/m0/s1. The van der Waals surface area contributed by atoms with E-state index in [4.69, 9.17) is 4.74 Å². The SMILES string of the molecule is COC1=CC(=O)[C@H]2[C@H]3C=C[C@H](C3)[C@@]2(C)C1=O. The molecule has 0 aliphatic heterocycles. The summed E-state index contributed by atoms with van der Waals surface area (Å²) >= 11 is 0. The van der Waals surface area contributed by atoms with Crippen molar-refractivity contribution in [1.29, 1.82) is 0 Å². The second-order valence-electron chi connectivity index (χ2n) is 5.10. The van der Waals surface area contributed by atoms with Gasteiger partial charge in [-0.05, 0) is 18.3 Å². The molecule has 3 rings (SSSR count). The van der Waals surface area contributed by atoms with E-state index in [2.05, 4.69) is 12.2 Å². The summed E-state index contributed by atoms with van der Waals surface area (Å²) in [5, 5.41) is 0. The van der Waals surface area contributed by atoms with Crippen molar-refractivity contribution in [2.45, 2.75) is 13.3 Å². The van der Waals surface area contributed by atoms with E-state index in [1.165, 1.54) is 13.2 Å². The number of allylic oxidation sites excluding steroid dienone is 4. The lowest BCUT2D eigenvalue weighted by Crippen LogP contribution is -2.46. The number of methoxy groups -OCH3 is 1. The number of ether oxygens (including phenoxy) is 1. The third kappa shape index (κ3) is 0.896. The quantitative estimate of drug-likeness (QED) is 0.626. The van der Waals surface area contributed by atoms with E-state index in [9.17, 15) is 9.59 Å². The van der Waals surface area contributed by atoms with Gasteiger partial charge in [-0.15, -0.1) is 0 Å². The zero-order valence-electron chi connectivity index (χ0n) is 9.40. The van der Waals surface area contributed by atoms with E-state index in [0.29, 0.717) is 0 Å². The summed E-state index contributed by atoms with van der Waals surface area (Å²) in [5.41, 5.74) is -0.559. The molecule has 0 saturated heterocycles. The lowest BCUT2D eigenvalue weighted by atomic mass is 9.63. The van der Waals surface area contributed by atoms with Gasteiger partial charge in [0.1, 0.15) is 0 Å². The van der Waals surface area contributed by atoms with Crippen LogP contribution in [0.15, 0.2) is 24.0 Å². The first-order valence-corrected chi connectivity index (χ1v) is 5.61. The molecule has 16 heavy (non-hydrogen) atoms. The third-order valence-electron chi connectivity index (χ3n) is 4.47. The molecule has 1 fully saturated rings. The summed E-state index contributed by atoms with van der Waals surface area (Å²) < 4.78 is 5.02. The molecule has 3 aliphatic rings. The van der Waals surface area contributed by atoms with E-state index >= 15 is 0 Å². The monoisotopic (exact) mass is 218 g/mol. The highest BCUT2D eigenvalue weighted by Gasteiger charge is 2.62. The predicted octanol–water partition coefficient (Wildman–Crippen LogP) is 1.50. The Morgan fingerprint density at radius 2 is 2.12 bits per heavy atom. The first-order valence-electron chi connectivity index (χ1n) is 5.61. The molecule has 3 nitrogen and oxygen atoms in total. The number of fused-ring (bicyclic) bond motifs is 5. The molecule has 0 aromatic rings. The Morgan fingerprint density at radius 3 is 2.81 bits per heavy atom. The number of hydrogen-bond donors (Lipinski definition) is 0. The average molecular weight is 218 g/mol. The molecule has 3 aliphatic carbocycles. The van der Waals surface area contributed by atoms with Crippen LogP contribution in [-0.4, -0.2) is 18.7 Å². The minimum Gasteiger partial charge on any atom is -0.493 e. The Kier molecular flexibility index (Phi) is 1.74. The number of hydrogen-bond acceptors (Lipinski definition) is 3. The molecule has 0 aromatic heterocycles. The molecule has 2 bridgehead atoms. The van der Waals surface area contributed by atoms with Gasteiger partial charge in [0.2, 0.25) is 5.78 Å². The third-order valence-corrected chi connectivity index (χ3v) is 4.47. The number of carbonyl (C=O) groups excluding carboxylic acids is 2. The Bertz CT molecular complexity index is 446. The normalized spacial score (nSPS) is 44.6. The topological polar surface area (TPSA) is 43.4 Å². The molecule has 4 atom stereocenters. The van der Waals surface area contributed by atoms with Crippen LogP contribution < -0.4 is 0 Å². The van der Waals surface area contributed by atoms with E-state index < -0.39 is 5.41 Å². The van der Waals surface area contributed by atoms with Gasteiger partial charge in [0.05, 0.1) is 12.5 Å². The van der Waals surface area contributed by atoms with Crippen molar-refractivity contribution in [2.24, 2.45) is 23.2 Å². The molecule has 0 spiro atoms. The fourth-order valence-electron chi connectivity index (χ4n) is 3.61. The Hall–Kier alpha value is -1.38. The minimum atomic E-state index is -0.559. The predicted molar refractivity (Wildman–Crippen MR) is 57.4 cm³/mol. The van der Waals surface area contributed by atoms with E-state index in [1.54, 1.807) is 0 Å². The summed E-state index contributed by atoms with van der Waals surface area (Å²) in [4.78, 5) is 24.4. The van der Waals surface area contributed by atoms with E-state index in [-0.39, 0.29) is 35.1 Å².